The topological polar surface area (TPSA) is 50.9 Å². The third-order valence-corrected chi connectivity index (χ3v) is 1.87. The van der Waals surface area contributed by atoms with Gasteiger partial charge >= 0.3 is 0 Å². The van der Waals surface area contributed by atoms with Crippen LogP contribution in [0.4, 0.5) is 5.82 Å². The van der Waals surface area contributed by atoms with Crippen LogP contribution in [0, 0.1) is 6.92 Å². The van der Waals surface area contributed by atoms with Gasteiger partial charge in [0.15, 0.2) is 0 Å². The summed E-state index contributed by atoms with van der Waals surface area (Å²) >= 11 is 0. The van der Waals surface area contributed by atoms with Crippen molar-refractivity contribution < 1.29 is 0 Å². The summed E-state index contributed by atoms with van der Waals surface area (Å²) in [6, 6.07) is 4.01. The van der Waals surface area contributed by atoms with Gasteiger partial charge < -0.3 is 11.1 Å². The summed E-state index contributed by atoms with van der Waals surface area (Å²) in [7, 11) is 1.85. The summed E-state index contributed by atoms with van der Waals surface area (Å²) in [5, 5.41) is 2.98. The smallest absolute Gasteiger partial charge is 0.125 e. The fraction of sp³-hybridized carbons (Fsp3) is 0.444. The largest absolute Gasteiger partial charge is 0.373 e. The molecule has 1 atom stereocenters. The second-order valence-corrected chi connectivity index (χ2v) is 2.91. The maximum absolute atomic E-state index is 5.75. The fourth-order valence-electron chi connectivity index (χ4n) is 1.19. The van der Waals surface area contributed by atoms with E-state index in [0.717, 1.165) is 17.1 Å². The lowest BCUT2D eigenvalue weighted by atomic mass is 10.1. The molecule has 1 rings (SSSR count). The average molecular weight is 165 g/mol. The minimum absolute atomic E-state index is 0.0587. The predicted octanol–water partition coefficient (Wildman–Crippen LogP) is 1.45. The van der Waals surface area contributed by atoms with Gasteiger partial charge in [0.25, 0.3) is 0 Å². The summed E-state index contributed by atoms with van der Waals surface area (Å²) in [6.45, 7) is 3.93. The van der Waals surface area contributed by atoms with E-state index in [1.165, 1.54) is 0 Å². The van der Waals surface area contributed by atoms with Crippen molar-refractivity contribution in [2.24, 2.45) is 5.73 Å². The minimum Gasteiger partial charge on any atom is -0.373 e. The third kappa shape index (κ3) is 1.74. The molecule has 0 aromatic carbocycles. The summed E-state index contributed by atoms with van der Waals surface area (Å²) in [6.07, 6.45) is 0. The van der Waals surface area contributed by atoms with Gasteiger partial charge in [0.05, 0.1) is 0 Å². The first kappa shape index (κ1) is 9.00. The summed E-state index contributed by atoms with van der Waals surface area (Å²) < 4.78 is 0. The van der Waals surface area contributed by atoms with Crippen LogP contribution in [0.2, 0.25) is 0 Å². The van der Waals surface area contributed by atoms with E-state index in [9.17, 15) is 0 Å². The maximum Gasteiger partial charge on any atom is 0.125 e. The van der Waals surface area contributed by atoms with E-state index in [4.69, 9.17) is 5.73 Å². The van der Waals surface area contributed by atoms with E-state index in [1.807, 2.05) is 33.0 Å². The minimum atomic E-state index is 0.0587. The van der Waals surface area contributed by atoms with Crippen LogP contribution in [0.25, 0.3) is 0 Å². The molecule has 0 radical (unpaired) electrons. The van der Waals surface area contributed by atoms with Crippen molar-refractivity contribution in [2.75, 3.05) is 12.4 Å². The molecule has 0 bridgehead atoms. The van der Waals surface area contributed by atoms with Gasteiger partial charge in [-0.2, -0.15) is 0 Å². The Hall–Kier alpha value is -1.09. The highest BCUT2D eigenvalue weighted by Crippen LogP contribution is 2.15. The SMILES string of the molecule is CNc1ccc(C(C)N)c(C)n1. The molecule has 3 heteroatoms. The second kappa shape index (κ2) is 3.54. The molecule has 0 saturated heterocycles. The van der Waals surface area contributed by atoms with Gasteiger partial charge in [0.1, 0.15) is 5.82 Å². The van der Waals surface area contributed by atoms with E-state index >= 15 is 0 Å². The molecular formula is C9H15N3. The standard InChI is InChI=1S/C9H15N3/c1-6(10)8-4-5-9(11-3)12-7(8)2/h4-6H,10H2,1-3H3,(H,11,12). The Balaban J connectivity index is 3.03. The number of hydrogen-bond acceptors (Lipinski definition) is 3. The molecule has 0 aliphatic rings. The number of nitrogens with one attached hydrogen (secondary N) is 1. The highest BCUT2D eigenvalue weighted by molar-refractivity contribution is 5.38. The third-order valence-electron chi connectivity index (χ3n) is 1.87. The lowest BCUT2D eigenvalue weighted by Crippen LogP contribution is -2.08. The molecule has 0 fully saturated rings. The second-order valence-electron chi connectivity index (χ2n) is 2.91. The van der Waals surface area contributed by atoms with Crippen molar-refractivity contribution in [3.05, 3.63) is 23.4 Å². The molecule has 0 aliphatic heterocycles. The average Bonchev–Trinajstić information content (AvgIpc) is 2.03. The van der Waals surface area contributed by atoms with Crippen molar-refractivity contribution in [3.8, 4) is 0 Å². The first-order valence-electron chi connectivity index (χ1n) is 4.06. The normalized spacial score (nSPS) is 12.7. The number of anilines is 1. The Morgan fingerprint density at radius 1 is 1.50 bits per heavy atom. The number of aryl methyl sites for hydroxylation is 1. The van der Waals surface area contributed by atoms with Gasteiger partial charge in [-0.3, -0.25) is 0 Å². The summed E-state index contributed by atoms with van der Waals surface area (Å²) in [5.74, 6) is 0.886. The van der Waals surface area contributed by atoms with Crippen LogP contribution in [0.3, 0.4) is 0 Å². The number of pyridine rings is 1. The van der Waals surface area contributed by atoms with E-state index < -0.39 is 0 Å². The molecule has 1 unspecified atom stereocenters. The van der Waals surface area contributed by atoms with Crippen molar-refractivity contribution in [1.29, 1.82) is 0 Å². The van der Waals surface area contributed by atoms with Gasteiger partial charge in [-0.1, -0.05) is 6.07 Å². The Bertz CT molecular complexity index is 268. The van der Waals surface area contributed by atoms with E-state index in [2.05, 4.69) is 10.3 Å². The Kier molecular flexibility index (Phi) is 2.65. The summed E-state index contributed by atoms with van der Waals surface area (Å²) in [4.78, 5) is 4.32. The molecule has 1 aromatic rings. The molecular weight excluding hydrogens is 150 g/mol. The molecule has 66 valence electrons. The van der Waals surface area contributed by atoms with Crippen LogP contribution in [0.1, 0.15) is 24.2 Å². The Labute approximate surface area is 73.0 Å². The molecule has 0 aliphatic carbocycles. The van der Waals surface area contributed by atoms with Gasteiger partial charge in [-0.05, 0) is 25.5 Å². The van der Waals surface area contributed by atoms with Crippen LogP contribution in [-0.4, -0.2) is 12.0 Å². The summed E-state index contributed by atoms with van der Waals surface area (Å²) in [5.41, 5.74) is 7.85. The first-order chi connectivity index (χ1) is 5.65. The zero-order valence-corrected chi connectivity index (χ0v) is 7.76. The number of aromatic nitrogens is 1. The van der Waals surface area contributed by atoms with E-state index in [-0.39, 0.29) is 6.04 Å². The molecule has 0 saturated carbocycles. The van der Waals surface area contributed by atoms with Crippen LogP contribution >= 0.6 is 0 Å². The molecule has 1 heterocycles. The van der Waals surface area contributed by atoms with Gasteiger partial charge in [-0.15, -0.1) is 0 Å². The molecule has 0 spiro atoms. The number of hydrogen-bond donors (Lipinski definition) is 2. The lowest BCUT2D eigenvalue weighted by Gasteiger charge is -2.09. The quantitative estimate of drug-likeness (QED) is 0.697. The highest BCUT2D eigenvalue weighted by Gasteiger charge is 2.04. The lowest BCUT2D eigenvalue weighted by molar-refractivity contribution is 0.800. The molecule has 3 N–H and O–H groups in total. The number of nitrogens with two attached hydrogens (primary N) is 1. The zero-order valence-electron chi connectivity index (χ0n) is 7.76. The van der Waals surface area contributed by atoms with Crippen LogP contribution in [0.5, 0.6) is 0 Å². The van der Waals surface area contributed by atoms with Crippen LogP contribution in [0.15, 0.2) is 12.1 Å². The number of nitrogens with zero attached hydrogens (tertiary/aromatic N) is 1. The predicted molar refractivity (Wildman–Crippen MR) is 51.1 cm³/mol. The maximum atomic E-state index is 5.75. The van der Waals surface area contributed by atoms with Gasteiger partial charge in [-0.25, -0.2) is 4.98 Å². The first-order valence-corrected chi connectivity index (χ1v) is 4.06. The van der Waals surface area contributed by atoms with Crippen LogP contribution in [-0.2, 0) is 0 Å². The molecule has 1 aromatic heterocycles. The zero-order chi connectivity index (χ0) is 9.14. The van der Waals surface area contributed by atoms with E-state index in [0.29, 0.717) is 0 Å². The van der Waals surface area contributed by atoms with Crippen LogP contribution < -0.4 is 11.1 Å². The highest BCUT2D eigenvalue weighted by atomic mass is 15.0. The molecule has 0 amide bonds. The van der Waals surface area contributed by atoms with Crippen molar-refractivity contribution in [3.63, 3.8) is 0 Å². The Morgan fingerprint density at radius 3 is 2.58 bits per heavy atom. The molecule has 3 nitrogen and oxygen atoms in total. The van der Waals surface area contributed by atoms with Crippen molar-refractivity contribution in [2.45, 2.75) is 19.9 Å². The fourth-order valence-corrected chi connectivity index (χ4v) is 1.19. The molecule has 12 heavy (non-hydrogen) atoms. The van der Waals surface area contributed by atoms with Crippen molar-refractivity contribution >= 4 is 5.82 Å². The van der Waals surface area contributed by atoms with E-state index in [1.54, 1.807) is 0 Å². The van der Waals surface area contributed by atoms with Gasteiger partial charge in [0.2, 0.25) is 0 Å². The number of rotatable bonds is 2. The van der Waals surface area contributed by atoms with Crippen molar-refractivity contribution in [1.82, 2.24) is 4.98 Å². The Morgan fingerprint density at radius 2 is 2.17 bits per heavy atom. The monoisotopic (exact) mass is 165 g/mol. The van der Waals surface area contributed by atoms with Gasteiger partial charge in [0, 0.05) is 18.8 Å².